The Bertz CT molecular complexity index is 535. The van der Waals surface area contributed by atoms with Gasteiger partial charge in [0, 0.05) is 0 Å². The monoisotopic (exact) mass is 198 g/mol. The summed E-state index contributed by atoms with van der Waals surface area (Å²) >= 11 is 1.89. The van der Waals surface area contributed by atoms with Crippen LogP contribution < -0.4 is 10.4 Å². The Morgan fingerprint density at radius 1 is 1.07 bits per heavy atom. The summed E-state index contributed by atoms with van der Waals surface area (Å²) in [7, 11) is 0. The summed E-state index contributed by atoms with van der Waals surface area (Å²) in [6.45, 7) is 0. The van der Waals surface area contributed by atoms with Crippen molar-refractivity contribution < 1.29 is 0 Å². The second kappa shape index (κ2) is 3.18. The van der Waals surface area contributed by atoms with Gasteiger partial charge in [-0.1, -0.05) is 48.6 Å². The van der Waals surface area contributed by atoms with E-state index in [1.807, 2.05) is 11.8 Å². The number of rotatable bonds is 0. The molecule has 1 unspecified atom stereocenters. The molecular weight excluding hydrogens is 188 g/mol. The average molecular weight is 198 g/mol. The zero-order chi connectivity index (χ0) is 9.38. The van der Waals surface area contributed by atoms with E-state index >= 15 is 0 Å². The second-order valence-electron chi connectivity index (χ2n) is 3.46. The maximum Gasteiger partial charge on any atom is 0.0528 e. The van der Waals surface area contributed by atoms with Crippen LogP contribution >= 0.6 is 11.8 Å². The molecule has 1 heteroatoms. The van der Waals surface area contributed by atoms with E-state index < -0.39 is 0 Å². The molecule has 1 aromatic rings. The Labute approximate surface area is 87.3 Å². The molecule has 0 spiro atoms. The van der Waals surface area contributed by atoms with Crippen molar-refractivity contribution in [1.82, 2.24) is 0 Å². The Morgan fingerprint density at radius 3 is 3.00 bits per heavy atom. The molecule has 0 saturated carbocycles. The van der Waals surface area contributed by atoms with Gasteiger partial charge in [0.2, 0.25) is 0 Å². The number of hydrogen-bond donors (Lipinski definition) is 0. The summed E-state index contributed by atoms with van der Waals surface area (Å²) in [4.78, 5) is 0. The second-order valence-corrected chi connectivity index (χ2v) is 4.48. The van der Waals surface area contributed by atoms with Gasteiger partial charge < -0.3 is 0 Å². The van der Waals surface area contributed by atoms with Crippen molar-refractivity contribution in [2.75, 3.05) is 0 Å². The van der Waals surface area contributed by atoms with E-state index in [0.29, 0.717) is 5.25 Å². The molecule has 0 fully saturated rings. The Hall–Kier alpha value is -1.21. The van der Waals surface area contributed by atoms with Gasteiger partial charge in [-0.05, 0) is 21.4 Å². The summed E-state index contributed by atoms with van der Waals surface area (Å²) in [6.07, 6.45) is 8.73. The summed E-state index contributed by atoms with van der Waals surface area (Å²) in [5.41, 5.74) is 1.44. The third kappa shape index (κ3) is 1.17. The van der Waals surface area contributed by atoms with Gasteiger partial charge in [0.15, 0.2) is 0 Å². The molecule has 68 valence electrons. The first-order valence-electron chi connectivity index (χ1n) is 4.75. The zero-order valence-electron chi connectivity index (χ0n) is 7.68. The highest BCUT2D eigenvalue weighted by atomic mass is 32.2. The number of hydrogen-bond acceptors (Lipinski definition) is 1. The van der Waals surface area contributed by atoms with Crippen molar-refractivity contribution in [3.05, 3.63) is 59.0 Å². The first kappa shape index (κ1) is 8.13. The zero-order valence-corrected chi connectivity index (χ0v) is 8.50. The van der Waals surface area contributed by atoms with Gasteiger partial charge in [0.05, 0.1) is 5.25 Å². The normalized spacial score (nSPS) is 22.6. The SMILES string of the molecule is C1=CC2=c3ccccc3=CSC2C=C1. The lowest BCUT2D eigenvalue weighted by Crippen LogP contribution is -2.31. The molecule has 0 saturated heterocycles. The predicted molar refractivity (Wildman–Crippen MR) is 63.2 cm³/mol. The van der Waals surface area contributed by atoms with E-state index in [1.165, 1.54) is 16.0 Å². The molecule has 14 heavy (non-hydrogen) atoms. The van der Waals surface area contributed by atoms with Crippen LogP contribution in [-0.2, 0) is 0 Å². The number of benzene rings is 1. The fourth-order valence-electron chi connectivity index (χ4n) is 1.89. The minimum absolute atomic E-state index is 0.523. The predicted octanol–water partition coefficient (Wildman–Crippen LogP) is 1.82. The highest BCUT2D eigenvalue weighted by molar-refractivity contribution is 8.07. The molecule has 0 nitrogen and oxygen atoms in total. The fraction of sp³-hybridized carbons (Fsp3) is 0.0769. The van der Waals surface area contributed by atoms with Crippen LogP contribution in [0.15, 0.2) is 48.6 Å². The van der Waals surface area contributed by atoms with Crippen molar-refractivity contribution in [3.63, 3.8) is 0 Å². The molecule has 1 aliphatic heterocycles. The maximum atomic E-state index is 2.26. The lowest BCUT2D eigenvalue weighted by Gasteiger charge is -2.18. The molecule has 3 rings (SSSR count). The van der Waals surface area contributed by atoms with Crippen LogP contribution in [-0.4, -0.2) is 5.25 Å². The minimum atomic E-state index is 0.523. The van der Waals surface area contributed by atoms with Crippen LogP contribution in [0.25, 0.3) is 11.0 Å². The van der Waals surface area contributed by atoms with Crippen LogP contribution in [0.5, 0.6) is 0 Å². The summed E-state index contributed by atoms with van der Waals surface area (Å²) in [6, 6.07) is 8.59. The first-order chi connectivity index (χ1) is 6.95. The van der Waals surface area contributed by atoms with E-state index in [9.17, 15) is 0 Å². The largest absolute Gasteiger partial charge is 0.121 e. The molecule has 0 aromatic heterocycles. The van der Waals surface area contributed by atoms with Gasteiger partial charge >= 0.3 is 0 Å². The van der Waals surface area contributed by atoms with E-state index in [0.717, 1.165) is 0 Å². The van der Waals surface area contributed by atoms with Crippen molar-refractivity contribution in [3.8, 4) is 0 Å². The Balaban J connectivity index is 2.40. The molecule has 1 aliphatic carbocycles. The molecule has 1 heterocycles. The van der Waals surface area contributed by atoms with Gasteiger partial charge in [-0.25, -0.2) is 0 Å². The van der Waals surface area contributed by atoms with Crippen molar-refractivity contribution in [1.29, 1.82) is 0 Å². The highest BCUT2D eigenvalue weighted by Gasteiger charge is 2.14. The Kier molecular flexibility index (Phi) is 1.84. The van der Waals surface area contributed by atoms with E-state index in [1.54, 1.807) is 0 Å². The quantitative estimate of drug-likeness (QED) is 0.613. The van der Waals surface area contributed by atoms with Crippen LogP contribution in [0.3, 0.4) is 0 Å². The van der Waals surface area contributed by atoms with Crippen molar-refractivity contribution in [2.24, 2.45) is 0 Å². The van der Waals surface area contributed by atoms with Gasteiger partial charge in [-0.15, -0.1) is 11.8 Å². The van der Waals surface area contributed by atoms with Crippen LogP contribution in [0.1, 0.15) is 0 Å². The standard InChI is InChI=1S/C13H10S/c1-2-6-11-10(5-1)9-14-13-8-4-3-7-12(11)13/h1-9,13H. The van der Waals surface area contributed by atoms with Crippen molar-refractivity contribution >= 4 is 22.7 Å². The van der Waals surface area contributed by atoms with Crippen LogP contribution in [0.2, 0.25) is 0 Å². The fourth-order valence-corrected chi connectivity index (χ4v) is 2.93. The molecule has 0 N–H and O–H groups in total. The summed E-state index contributed by atoms with van der Waals surface area (Å²) in [5.74, 6) is 0. The average Bonchev–Trinajstić information content (AvgIpc) is 2.29. The van der Waals surface area contributed by atoms with E-state index in [4.69, 9.17) is 0 Å². The topological polar surface area (TPSA) is 0 Å². The molecule has 0 radical (unpaired) electrons. The lowest BCUT2D eigenvalue weighted by atomic mass is 10.0. The molecule has 1 aromatic carbocycles. The molecular formula is C13H10S. The third-order valence-corrected chi connectivity index (χ3v) is 3.69. The highest BCUT2D eigenvalue weighted by Crippen LogP contribution is 2.27. The van der Waals surface area contributed by atoms with E-state index in [2.05, 4.69) is 54.0 Å². The number of thioether (sulfide) groups is 1. The smallest absolute Gasteiger partial charge is 0.0528 e. The molecule has 0 bridgehead atoms. The Morgan fingerprint density at radius 2 is 2.00 bits per heavy atom. The number of fused-ring (bicyclic) bond motifs is 2. The molecule has 2 aliphatic rings. The number of allylic oxidation sites excluding steroid dienone is 3. The lowest BCUT2D eigenvalue weighted by molar-refractivity contribution is 1.36. The van der Waals surface area contributed by atoms with Gasteiger partial charge in [0.25, 0.3) is 0 Å². The molecule has 0 amide bonds. The van der Waals surface area contributed by atoms with Crippen LogP contribution in [0.4, 0.5) is 0 Å². The first-order valence-corrected chi connectivity index (χ1v) is 5.69. The van der Waals surface area contributed by atoms with Crippen molar-refractivity contribution in [2.45, 2.75) is 5.25 Å². The minimum Gasteiger partial charge on any atom is -0.121 e. The summed E-state index contributed by atoms with van der Waals surface area (Å²) < 4.78 is 0. The van der Waals surface area contributed by atoms with Gasteiger partial charge in [-0.3, -0.25) is 0 Å². The van der Waals surface area contributed by atoms with Crippen LogP contribution in [0, 0.1) is 0 Å². The summed E-state index contributed by atoms with van der Waals surface area (Å²) in [5, 5.41) is 5.52. The third-order valence-electron chi connectivity index (χ3n) is 2.59. The van der Waals surface area contributed by atoms with Gasteiger partial charge in [0.1, 0.15) is 0 Å². The molecule has 1 atom stereocenters. The van der Waals surface area contributed by atoms with E-state index in [-0.39, 0.29) is 0 Å². The van der Waals surface area contributed by atoms with Gasteiger partial charge in [-0.2, -0.15) is 0 Å². The maximum absolute atomic E-state index is 2.26.